The van der Waals surface area contributed by atoms with Gasteiger partial charge in [0, 0.05) is 13.2 Å². The molecule has 1 saturated heterocycles. The number of hydrogen-bond acceptors (Lipinski definition) is 3. The first-order chi connectivity index (χ1) is 11.1. The fourth-order valence-corrected chi connectivity index (χ4v) is 3.30. The lowest BCUT2D eigenvalue weighted by Crippen LogP contribution is -2.51. The molecule has 0 aromatic heterocycles. The van der Waals surface area contributed by atoms with Crippen LogP contribution in [0.5, 0.6) is 0 Å². The van der Waals surface area contributed by atoms with Crippen molar-refractivity contribution in [3.05, 3.63) is 35.9 Å². The molecular weight excluding hydrogens is 288 g/mol. The largest absolute Gasteiger partial charge is 0.396 e. The molecule has 0 spiro atoms. The standard InChI is InChI=1S/C19H30N2O2/c1-3-19(15-22)10-13-21(14-11-19)16(2)18(23)20-12-9-17-7-5-4-6-8-17/h4-8,16,22H,3,9-15H2,1-2H3,(H,20,23). The van der Waals surface area contributed by atoms with Gasteiger partial charge >= 0.3 is 0 Å². The molecule has 1 fully saturated rings. The molecule has 1 heterocycles. The van der Waals surface area contributed by atoms with Crippen LogP contribution in [-0.2, 0) is 11.2 Å². The highest BCUT2D eigenvalue weighted by Gasteiger charge is 2.34. The molecule has 23 heavy (non-hydrogen) atoms. The molecule has 4 heteroatoms. The summed E-state index contributed by atoms with van der Waals surface area (Å²) < 4.78 is 0. The van der Waals surface area contributed by atoms with Crippen molar-refractivity contribution in [3.8, 4) is 0 Å². The van der Waals surface area contributed by atoms with Crippen LogP contribution in [0.3, 0.4) is 0 Å². The van der Waals surface area contributed by atoms with Gasteiger partial charge in [0.25, 0.3) is 0 Å². The number of amides is 1. The molecule has 0 saturated carbocycles. The lowest BCUT2D eigenvalue weighted by molar-refractivity contribution is -0.127. The normalized spacial score (nSPS) is 19.3. The predicted molar refractivity (Wildman–Crippen MR) is 93.2 cm³/mol. The molecule has 128 valence electrons. The monoisotopic (exact) mass is 318 g/mol. The van der Waals surface area contributed by atoms with Crippen LogP contribution in [0, 0.1) is 5.41 Å². The van der Waals surface area contributed by atoms with Crippen LogP contribution in [0.15, 0.2) is 30.3 Å². The highest BCUT2D eigenvalue weighted by Crippen LogP contribution is 2.34. The number of likely N-dealkylation sites (tertiary alicyclic amines) is 1. The van der Waals surface area contributed by atoms with E-state index in [0.29, 0.717) is 6.54 Å². The molecule has 1 amide bonds. The first-order valence-corrected chi connectivity index (χ1v) is 8.77. The second-order valence-electron chi connectivity index (χ2n) is 6.75. The number of nitrogens with one attached hydrogen (secondary N) is 1. The third-order valence-electron chi connectivity index (χ3n) is 5.43. The van der Waals surface area contributed by atoms with Gasteiger partial charge in [-0.15, -0.1) is 0 Å². The molecular formula is C19H30N2O2. The van der Waals surface area contributed by atoms with Gasteiger partial charge in [-0.25, -0.2) is 0 Å². The maximum atomic E-state index is 12.3. The van der Waals surface area contributed by atoms with Gasteiger partial charge in [-0.1, -0.05) is 37.3 Å². The van der Waals surface area contributed by atoms with E-state index in [-0.39, 0.29) is 24.0 Å². The van der Waals surface area contributed by atoms with E-state index >= 15 is 0 Å². The second-order valence-corrected chi connectivity index (χ2v) is 6.75. The van der Waals surface area contributed by atoms with E-state index in [1.807, 2.05) is 25.1 Å². The first kappa shape index (κ1) is 18.0. The summed E-state index contributed by atoms with van der Waals surface area (Å²) in [7, 11) is 0. The fourth-order valence-electron chi connectivity index (χ4n) is 3.30. The van der Waals surface area contributed by atoms with Crippen molar-refractivity contribution in [2.24, 2.45) is 5.41 Å². The summed E-state index contributed by atoms with van der Waals surface area (Å²) in [5.41, 5.74) is 1.31. The minimum atomic E-state index is -0.0978. The molecule has 4 nitrogen and oxygen atoms in total. The number of hydrogen-bond donors (Lipinski definition) is 2. The number of nitrogens with zero attached hydrogens (tertiary/aromatic N) is 1. The number of aliphatic hydroxyl groups excluding tert-OH is 1. The number of aliphatic hydroxyl groups is 1. The number of carbonyl (C=O) groups excluding carboxylic acids is 1. The molecule has 2 rings (SSSR count). The Morgan fingerprint density at radius 2 is 1.96 bits per heavy atom. The van der Waals surface area contributed by atoms with E-state index in [4.69, 9.17) is 0 Å². The van der Waals surface area contributed by atoms with Crippen LogP contribution in [0.25, 0.3) is 0 Å². The van der Waals surface area contributed by atoms with Gasteiger partial charge < -0.3 is 10.4 Å². The number of rotatable bonds is 7. The summed E-state index contributed by atoms with van der Waals surface area (Å²) in [6.45, 7) is 6.84. The summed E-state index contributed by atoms with van der Waals surface area (Å²) in [6, 6.07) is 10.1. The van der Waals surface area contributed by atoms with Crippen LogP contribution in [-0.4, -0.2) is 48.2 Å². The molecule has 0 radical (unpaired) electrons. The lowest BCUT2D eigenvalue weighted by atomic mass is 9.76. The maximum absolute atomic E-state index is 12.3. The Balaban J connectivity index is 1.75. The Kier molecular flexibility index (Phi) is 6.60. The van der Waals surface area contributed by atoms with Crippen molar-refractivity contribution in [2.75, 3.05) is 26.2 Å². The number of benzene rings is 1. The van der Waals surface area contributed by atoms with Crippen molar-refractivity contribution >= 4 is 5.91 Å². The minimum Gasteiger partial charge on any atom is -0.396 e. The summed E-state index contributed by atoms with van der Waals surface area (Å²) in [6.07, 6.45) is 3.82. The van der Waals surface area contributed by atoms with Gasteiger partial charge in [0.05, 0.1) is 6.04 Å². The van der Waals surface area contributed by atoms with Crippen molar-refractivity contribution in [2.45, 2.75) is 45.6 Å². The molecule has 1 aromatic rings. The van der Waals surface area contributed by atoms with Gasteiger partial charge in [-0.2, -0.15) is 0 Å². The predicted octanol–water partition coefficient (Wildman–Crippen LogP) is 2.22. The van der Waals surface area contributed by atoms with Gasteiger partial charge in [0.1, 0.15) is 0 Å². The molecule has 0 bridgehead atoms. The zero-order valence-corrected chi connectivity index (χ0v) is 14.4. The van der Waals surface area contributed by atoms with Gasteiger partial charge in [0.15, 0.2) is 0 Å². The Hall–Kier alpha value is -1.39. The van der Waals surface area contributed by atoms with Crippen molar-refractivity contribution in [3.63, 3.8) is 0 Å². The Bertz CT molecular complexity index is 475. The summed E-state index contributed by atoms with van der Waals surface area (Å²) in [5, 5.41) is 12.6. The van der Waals surface area contributed by atoms with E-state index < -0.39 is 0 Å². The first-order valence-electron chi connectivity index (χ1n) is 8.77. The topological polar surface area (TPSA) is 52.6 Å². The van der Waals surface area contributed by atoms with Gasteiger partial charge in [-0.3, -0.25) is 9.69 Å². The molecule has 2 N–H and O–H groups in total. The van der Waals surface area contributed by atoms with E-state index in [9.17, 15) is 9.90 Å². The number of carbonyl (C=O) groups is 1. The summed E-state index contributed by atoms with van der Waals surface area (Å²) in [4.78, 5) is 14.6. The molecule has 1 unspecified atom stereocenters. The van der Waals surface area contributed by atoms with Crippen molar-refractivity contribution in [1.82, 2.24) is 10.2 Å². The van der Waals surface area contributed by atoms with Crippen LogP contribution < -0.4 is 5.32 Å². The van der Waals surface area contributed by atoms with Crippen molar-refractivity contribution in [1.29, 1.82) is 0 Å². The Labute approximate surface area is 139 Å². The summed E-state index contributed by atoms with van der Waals surface area (Å²) in [5.74, 6) is 0.105. The third-order valence-corrected chi connectivity index (χ3v) is 5.43. The number of piperidine rings is 1. The molecule has 1 aliphatic rings. The van der Waals surface area contributed by atoms with Crippen molar-refractivity contribution < 1.29 is 9.90 Å². The average molecular weight is 318 g/mol. The Morgan fingerprint density at radius 1 is 1.30 bits per heavy atom. The molecule has 0 aliphatic carbocycles. The van der Waals surface area contributed by atoms with Crippen LogP contribution in [0.4, 0.5) is 0 Å². The average Bonchev–Trinajstić information content (AvgIpc) is 2.62. The van der Waals surface area contributed by atoms with Crippen LogP contribution >= 0.6 is 0 Å². The summed E-state index contributed by atoms with van der Waals surface area (Å²) >= 11 is 0. The highest BCUT2D eigenvalue weighted by molar-refractivity contribution is 5.81. The molecule has 1 aromatic carbocycles. The fraction of sp³-hybridized carbons (Fsp3) is 0.632. The highest BCUT2D eigenvalue weighted by atomic mass is 16.3. The van der Waals surface area contributed by atoms with Crippen LogP contribution in [0.2, 0.25) is 0 Å². The molecule has 1 atom stereocenters. The van der Waals surface area contributed by atoms with E-state index in [2.05, 4.69) is 29.3 Å². The van der Waals surface area contributed by atoms with Gasteiger partial charge in [0.2, 0.25) is 5.91 Å². The van der Waals surface area contributed by atoms with Gasteiger partial charge in [-0.05, 0) is 56.7 Å². The quantitative estimate of drug-likeness (QED) is 0.810. The second kappa shape index (κ2) is 8.46. The zero-order chi connectivity index (χ0) is 16.7. The lowest BCUT2D eigenvalue weighted by Gasteiger charge is -2.42. The Morgan fingerprint density at radius 3 is 2.52 bits per heavy atom. The SMILES string of the molecule is CCC1(CO)CCN(C(C)C(=O)NCCc2ccccc2)CC1. The third kappa shape index (κ3) is 4.79. The van der Waals surface area contributed by atoms with E-state index in [1.54, 1.807) is 0 Å². The maximum Gasteiger partial charge on any atom is 0.237 e. The van der Waals surface area contributed by atoms with E-state index in [1.165, 1.54) is 5.56 Å². The van der Waals surface area contributed by atoms with Crippen LogP contribution in [0.1, 0.15) is 38.7 Å². The molecule has 1 aliphatic heterocycles. The smallest absolute Gasteiger partial charge is 0.237 e. The minimum absolute atomic E-state index is 0.0694. The van der Waals surface area contributed by atoms with E-state index in [0.717, 1.165) is 38.8 Å². The zero-order valence-electron chi connectivity index (χ0n) is 14.4.